The van der Waals surface area contributed by atoms with E-state index in [9.17, 15) is 10.2 Å². The number of aryl methyl sites for hydroxylation is 2. The van der Waals surface area contributed by atoms with Crippen LogP contribution in [0.5, 0.6) is 5.75 Å². The number of hydrogen-bond acceptors (Lipinski definition) is 5. The Morgan fingerprint density at radius 2 is 1.44 bits per heavy atom. The number of ether oxygens (including phenoxy) is 3. The van der Waals surface area contributed by atoms with Crippen LogP contribution < -0.4 is 0 Å². The van der Waals surface area contributed by atoms with Crippen LogP contribution in [0.25, 0.3) is 22.3 Å². The van der Waals surface area contributed by atoms with Crippen LogP contribution in [0.2, 0.25) is 0 Å². The lowest BCUT2D eigenvalue weighted by Crippen LogP contribution is -2.47. The van der Waals surface area contributed by atoms with E-state index < -0.39 is 5.79 Å². The maximum absolute atomic E-state index is 11.0. The molecule has 0 atom stereocenters. The molecule has 0 unspecified atom stereocenters. The van der Waals surface area contributed by atoms with Gasteiger partial charge in [-0.2, -0.15) is 0 Å². The minimum atomic E-state index is -0.556. The van der Waals surface area contributed by atoms with Crippen molar-refractivity contribution in [2.24, 2.45) is 5.41 Å². The number of rotatable bonds is 15. The first-order valence-corrected chi connectivity index (χ1v) is 16.2. The lowest BCUT2D eigenvalue weighted by molar-refractivity contribution is -0.288. The maximum Gasteiger partial charge on any atom is 0.162 e. The minimum absolute atomic E-state index is 0.143. The molecule has 0 saturated carbocycles. The summed E-state index contributed by atoms with van der Waals surface area (Å²) in [4.78, 5) is 0. The quantitative estimate of drug-likeness (QED) is 0.174. The number of aliphatic hydroxyl groups excluding tert-OH is 1. The summed E-state index contributed by atoms with van der Waals surface area (Å²) in [5.74, 6) is -0.363. The van der Waals surface area contributed by atoms with Crippen LogP contribution in [0, 0.1) is 5.41 Å². The van der Waals surface area contributed by atoms with Gasteiger partial charge < -0.3 is 24.4 Å². The lowest BCUT2D eigenvalue weighted by atomic mass is 9.90. The van der Waals surface area contributed by atoms with Crippen molar-refractivity contribution in [2.75, 3.05) is 26.4 Å². The fourth-order valence-electron chi connectivity index (χ4n) is 5.80. The molecule has 1 aliphatic heterocycles. The largest absolute Gasteiger partial charge is 0.508 e. The van der Waals surface area contributed by atoms with E-state index in [2.05, 4.69) is 63.2 Å². The topological polar surface area (TPSA) is 68.2 Å². The zero-order valence-corrected chi connectivity index (χ0v) is 27.0. The fraction of sp³-hybridized carbons (Fsp3) is 0.526. The molecule has 0 aromatic heterocycles. The van der Waals surface area contributed by atoms with E-state index in [-0.39, 0.29) is 17.8 Å². The molecule has 1 heterocycles. The van der Waals surface area contributed by atoms with Crippen molar-refractivity contribution in [2.45, 2.75) is 98.4 Å². The molecule has 1 aliphatic rings. The van der Waals surface area contributed by atoms with Crippen molar-refractivity contribution in [3.8, 4) is 28.0 Å². The Labute approximate surface area is 259 Å². The first-order chi connectivity index (χ1) is 20.7. The molecule has 0 bridgehead atoms. The van der Waals surface area contributed by atoms with E-state index in [1.54, 1.807) is 0 Å². The summed E-state index contributed by atoms with van der Waals surface area (Å²) in [6, 6.07) is 19.4. The Balaban J connectivity index is 1.41. The van der Waals surface area contributed by atoms with Crippen molar-refractivity contribution in [3.63, 3.8) is 0 Å². The SMILES string of the molecule is CCCCCCCc1ccc(-c2ccc(-c3cc(O)c(CCOCC4(C)COC(C)(C)OC4)c(CO)c3)c(CC)c2)cc1. The van der Waals surface area contributed by atoms with E-state index in [1.807, 2.05) is 26.0 Å². The van der Waals surface area contributed by atoms with Gasteiger partial charge >= 0.3 is 0 Å². The first-order valence-electron chi connectivity index (χ1n) is 16.2. The number of phenolic OH excluding ortho intramolecular Hbond substituents is 1. The summed E-state index contributed by atoms with van der Waals surface area (Å²) in [5, 5.41) is 21.3. The highest BCUT2D eigenvalue weighted by Crippen LogP contribution is 2.35. The van der Waals surface area contributed by atoms with Crippen molar-refractivity contribution in [1.82, 2.24) is 0 Å². The summed E-state index contributed by atoms with van der Waals surface area (Å²) in [5.41, 5.74) is 8.28. The Bertz CT molecular complexity index is 1300. The van der Waals surface area contributed by atoms with E-state index >= 15 is 0 Å². The van der Waals surface area contributed by atoms with Crippen molar-refractivity contribution >= 4 is 0 Å². The minimum Gasteiger partial charge on any atom is -0.508 e. The molecular weight excluding hydrogens is 536 g/mol. The highest BCUT2D eigenvalue weighted by molar-refractivity contribution is 5.75. The summed E-state index contributed by atoms with van der Waals surface area (Å²) in [6.07, 6.45) is 9.04. The number of benzene rings is 3. The molecule has 3 aromatic rings. The third-order valence-electron chi connectivity index (χ3n) is 8.63. The fourth-order valence-corrected chi connectivity index (χ4v) is 5.80. The lowest BCUT2D eigenvalue weighted by Gasteiger charge is -2.41. The third kappa shape index (κ3) is 9.15. The molecule has 0 amide bonds. The Hall–Kier alpha value is -2.70. The Morgan fingerprint density at radius 3 is 2.12 bits per heavy atom. The molecule has 0 aliphatic carbocycles. The van der Waals surface area contributed by atoms with Gasteiger partial charge in [0.05, 0.1) is 33.0 Å². The molecule has 0 radical (unpaired) electrons. The number of unbranched alkanes of at least 4 members (excludes halogenated alkanes) is 4. The second-order valence-electron chi connectivity index (χ2n) is 13.0. The molecule has 3 aromatic carbocycles. The Morgan fingerprint density at radius 1 is 0.767 bits per heavy atom. The second-order valence-corrected chi connectivity index (χ2v) is 13.0. The smallest absolute Gasteiger partial charge is 0.162 e. The molecule has 2 N–H and O–H groups in total. The molecule has 1 fully saturated rings. The Kier molecular flexibility index (Phi) is 11.8. The van der Waals surface area contributed by atoms with Gasteiger partial charge in [0.25, 0.3) is 0 Å². The van der Waals surface area contributed by atoms with Crippen LogP contribution in [-0.2, 0) is 40.1 Å². The second kappa shape index (κ2) is 15.3. The highest BCUT2D eigenvalue weighted by Gasteiger charge is 2.36. The monoisotopic (exact) mass is 588 g/mol. The maximum atomic E-state index is 11.0. The molecule has 5 nitrogen and oxygen atoms in total. The van der Waals surface area contributed by atoms with Gasteiger partial charge in [0.2, 0.25) is 0 Å². The van der Waals surface area contributed by atoms with Gasteiger partial charge in [0, 0.05) is 11.0 Å². The van der Waals surface area contributed by atoms with Crippen LogP contribution in [0.4, 0.5) is 0 Å². The van der Waals surface area contributed by atoms with Crippen molar-refractivity contribution in [1.29, 1.82) is 0 Å². The van der Waals surface area contributed by atoms with Gasteiger partial charge in [-0.3, -0.25) is 0 Å². The van der Waals surface area contributed by atoms with Crippen LogP contribution in [0.3, 0.4) is 0 Å². The van der Waals surface area contributed by atoms with E-state index in [4.69, 9.17) is 14.2 Å². The summed E-state index contributed by atoms with van der Waals surface area (Å²) in [6.45, 7) is 12.3. The van der Waals surface area contributed by atoms with Gasteiger partial charge in [-0.05, 0) is 90.6 Å². The standard InChI is InChI=1S/C38H52O5/c1-6-8-9-10-11-12-28-13-15-30(16-14-28)31-17-18-34(29(7-2)21-31)32-22-33(24-39)35(36(40)23-32)19-20-41-25-38(5)26-42-37(3,4)43-27-38/h13-18,21-23,39-40H,6-12,19-20,24-27H2,1-5H3. The van der Waals surface area contributed by atoms with Gasteiger partial charge in [0.15, 0.2) is 5.79 Å². The molecular formula is C38H52O5. The third-order valence-corrected chi connectivity index (χ3v) is 8.63. The molecule has 234 valence electrons. The highest BCUT2D eigenvalue weighted by atomic mass is 16.7. The average Bonchev–Trinajstić information content (AvgIpc) is 3.01. The molecule has 1 saturated heterocycles. The summed E-state index contributed by atoms with van der Waals surface area (Å²) >= 11 is 0. The predicted octanol–water partition coefficient (Wildman–Crippen LogP) is 8.64. The predicted molar refractivity (Wildman–Crippen MR) is 175 cm³/mol. The van der Waals surface area contributed by atoms with Crippen LogP contribution in [-0.4, -0.2) is 42.4 Å². The normalized spacial score (nSPS) is 16.0. The van der Waals surface area contributed by atoms with E-state index in [0.717, 1.165) is 35.1 Å². The molecule has 4 rings (SSSR count). The average molecular weight is 589 g/mol. The summed E-state index contributed by atoms with van der Waals surface area (Å²) < 4.78 is 17.6. The van der Waals surface area contributed by atoms with Crippen LogP contribution in [0.1, 0.15) is 89.0 Å². The van der Waals surface area contributed by atoms with Crippen LogP contribution >= 0.6 is 0 Å². The molecule has 5 heteroatoms. The first kappa shape index (κ1) is 33.2. The molecule has 43 heavy (non-hydrogen) atoms. The van der Waals surface area contributed by atoms with Crippen LogP contribution in [0.15, 0.2) is 54.6 Å². The number of aliphatic hydroxyl groups is 1. The molecule has 0 spiro atoms. The van der Waals surface area contributed by atoms with Gasteiger partial charge in [-0.1, -0.05) is 88.9 Å². The number of aromatic hydroxyl groups is 1. The van der Waals surface area contributed by atoms with E-state index in [1.165, 1.54) is 54.4 Å². The zero-order valence-electron chi connectivity index (χ0n) is 27.0. The van der Waals surface area contributed by atoms with Crippen molar-refractivity contribution in [3.05, 3.63) is 76.9 Å². The number of hydrogen-bond donors (Lipinski definition) is 2. The number of phenols is 1. The van der Waals surface area contributed by atoms with E-state index in [0.29, 0.717) is 32.8 Å². The van der Waals surface area contributed by atoms with Crippen molar-refractivity contribution < 1.29 is 24.4 Å². The van der Waals surface area contributed by atoms with Gasteiger partial charge in [-0.15, -0.1) is 0 Å². The zero-order chi connectivity index (χ0) is 30.9. The summed E-state index contributed by atoms with van der Waals surface area (Å²) in [7, 11) is 0. The van der Waals surface area contributed by atoms with Gasteiger partial charge in [-0.25, -0.2) is 0 Å². The van der Waals surface area contributed by atoms with Gasteiger partial charge in [0.1, 0.15) is 5.75 Å².